The number of likely N-dealkylation sites (tertiary alicyclic amines) is 1. The average molecular weight is 343 g/mol. The van der Waals surface area contributed by atoms with Gasteiger partial charge in [0.05, 0.1) is 13.7 Å². The predicted octanol–water partition coefficient (Wildman–Crippen LogP) is 3.83. The number of ether oxygens (including phenoxy) is 1. The molecule has 1 aliphatic rings. The molecule has 0 bridgehead atoms. The van der Waals surface area contributed by atoms with Crippen LogP contribution in [0.15, 0.2) is 28.8 Å². The summed E-state index contributed by atoms with van der Waals surface area (Å²) in [6, 6.07) is 8.35. The van der Waals surface area contributed by atoms with Crippen LogP contribution in [0, 0.1) is 5.92 Å². The predicted molar refractivity (Wildman–Crippen MR) is 97.7 cm³/mol. The molecule has 1 aromatic carbocycles. The van der Waals surface area contributed by atoms with Crippen molar-refractivity contribution < 1.29 is 9.26 Å². The minimum absolute atomic E-state index is 0.0903. The summed E-state index contributed by atoms with van der Waals surface area (Å²) in [6.45, 7) is 9.22. The second-order valence-corrected chi connectivity index (χ2v) is 8.00. The van der Waals surface area contributed by atoms with Gasteiger partial charge in [0.1, 0.15) is 5.75 Å². The third kappa shape index (κ3) is 4.60. The average Bonchev–Trinajstić information content (AvgIpc) is 3.06. The zero-order chi connectivity index (χ0) is 17.9. The summed E-state index contributed by atoms with van der Waals surface area (Å²) in [4.78, 5) is 6.98. The first-order valence-electron chi connectivity index (χ1n) is 9.13. The Morgan fingerprint density at radius 2 is 1.92 bits per heavy atom. The molecule has 1 saturated heterocycles. The summed E-state index contributed by atoms with van der Waals surface area (Å²) in [5.74, 6) is 3.23. The topological polar surface area (TPSA) is 51.4 Å². The van der Waals surface area contributed by atoms with Gasteiger partial charge in [-0.1, -0.05) is 44.1 Å². The van der Waals surface area contributed by atoms with Gasteiger partial charge < -0.3 is 9.26 Å². The van der Waals surface area contributed by atoms with E-state index in [2.05, 4.69) is 47.9 Å². The smallest absolute Gasteiger partial charge is 0.232 e. The summed E-state index contributed by atoms with van der Waals surface area (Å²) in [5, 5.41) is 4.14. The van der Waals surface area contributed by atoms with Crippen LogP contribution < -0.4 is 4.74 Å². The van der Waals surface area contributed by atoms with Crippen LogP contribution in [-0.4, -0.2) is 35.2 Å². The molecule has 5 nitrogen and oxygen atoms in total. The Bertz CT molecular complexity index is 682. The highest BCUT2D eigenvalue weighted by molar-refractivity contribution is 5.33. The van der Waals surface area contributed by atoms with Crippen LogP contribution in [0.2, 0.25) is 0 Å². The number of hydrogen-bond donors (Lipinski definition) is 0. The van der Waals surface area contributed by atoms with Crippen LogP contribution in [0.4, 0.5) is 0 Å². The SMILES string of the molecule is COc1ccccc1CC1CCN(Cc2noc(C(C)(C)C)n2)CC1. The largest absolute Gasteiger partial charge is 0.496 e. The van der Waals surface area contributed by atoms with Crippen molar-refractivity contribution in [2.24, 2.45) is 5.92 Å². The fourth-order valence-electron chi connectivity index (χ4n) is 3.35. The lowest BCUT2D eigenvalue weighted by atomic mass is 9.90. The molecule has 0 radical (unpaired) electrons. The molecule has 136 valence electrons. The third-order valence-electron chi connectivity index (χ3n) is 4.88. The molecule has 0 saturated carbocycles. The second-order valence-electron chi connectivity index (χ2n) is 8.00. The monoisotopic (exact) mass is 343 g/mol. The first-order valence-corrected chi connectivity index (χ1v) is 9.13. The zero-order valence-corrected chi connectivity index (χ0v) is 15.8. The second kappa shape index (κ2) is 7.56. The molecule has 0 N–H and O–H groups in total. The van der Waals surface area contributed by atoms with E-state index < -0.39 is 0 Å². The van der Waals surface area contributed by atoms with Gasteiger partial charge in [0.15, 0.2) is 5.82 Å². The van der Waals surface area contributed by atoms with E-state index in [0.29, 0.717) is 11.8 Å². The maximum Gasteiger partial charge on any atom is 0.232 e. The van der Waals surface area contributed by atoms with E-state index in [1.54, 1.807) is 7.11 Å². The quantitative estimate of drug-likeness (QED) is 0.826. The number of rotatable bonds is 5. The minimum atomic E-state index is -0.0903. The van der Waals surface area contributed by atoms with Crippen molar-refractivity contribution in [1.29, 1.82) is 0 Å². The van der Waals surface area contributed by atoms with Crippen molar-refractivity contribution in [2.75, 3.05) is 20.2 Å². The van der Waals surface area contributed by atoms with Gasteiger partial charge in [0, 0.05) is 5.41 Å². The number of aromatic nitrogens is 2. The van der Waals surface area contributed by atoms with E-state index in [0.717, 1.165) is 37.6 Å². The van der Waals surface area contributed by atoms with Crippen molar-refractivity contribution in [2.45, 2.75) is 52.0 Å². The van der Waals surface area contributed by atoms with Crippen LogP contribution in [0.5, 0.6) is 5.75 Å². The van der Waals surface area contributed by atoms with Crippen LogP contribution in [-0.2, 0) is 18.4 Å². The lowest BCUT2D eigenvalue weighted by molar-refractivity contribution is 0.171. The summed E-state index contributed by atoms with van der Waals surface area (Å²) in [6.07, 6.45) is 3.48. The normalized spacial score (nSPS) is 17.0. The zero-order valence-electron chi connectivity index (χ0n) is 15.8. The summed E-state index contributed by atoms with van der Waals surface area (Å²) in [5.41, 5.74) is 1.23. The molecule has 0 atom stereocenters. The van der Waals surface area contributed by atoms with Gasteiger partial charge in [-0.15, -0.1) is 0 Å². The Morgan fingerprint density at radius 3 is 2.56 bits per heavy atom. The van der Waals surface area contributed by atoms with Crippen LogP contribution in [0.25, 0.3) is 0 Å². The van der Waals surface area contributed by atoms with E-state index in [4.69, 9.17) is 9.26 Å². The fourth-order valence-corrected chi connectivity index (χ4v) is 3.35. The Kier molecular flexibility index (Phi) is 5.42. The van der Waals surface area contributed by atoms with Crippen molar-refractivity contribution in [3.05, 3.63) is 41.5 Å². The summed E-state index contributed by atoms with van der Waals surface area (Å²) < 4.78 is 10.9. The first kappa shape index (κ1) is 17.9. The molecule has 1 fully saturated rings. The van der Waals surface area contributed by atoms with Crippen molar-refractivity contribution in [3.63, 3.8) is 0 Å². The highest BCUT2D eigenvalue weighted by atomic mass is 16.5. The maximum absolute atomic E-state index is 5.48. The molecule has 0 unspecified atom stereocenters. The van der Waals surface area contributed by atoms with Gasteiger partial charge >= 0.3 is 0 Å². The van der Waals surface area contributed by atoms with Crippen molar-refractivity contribution >= 4 is 0 Å². The maximum atomic E-state index is 5.48. The van der Waals surface area contributed by atoms with Crippen LogP contribution >= 0.6 is 0 Å². The molecular formula is C20H29N3O2. The first-order chi connectivity index (χ1) is 12.0. The Balaban J connectivity index is 1.51. The number of piperidine rings is 1. The molecular weight excluding hydrogens is 314 g/mol. The molecule has 1 aliphatic heterocycles. The van der Waals surface area contributed by atoms with E-state index in [-0.39, 0.29) is 5.41 Å². The number of benzene rings is 1. The Hall–Kier alpha value is -1.88. The molecule has 0 amide bonds. The van der Waals surface area contributed by atoms with E-state index in [1.807, 2.05) is 12.1 Å². The van der Waals surface area contributed by atoms with Gasteiger partial charge in [-0.05, 0) is 49.9 Å². The number of methoxy groups -OCH3 is 1. The van der Waals surface area contributed by atoms with Gasteiger partial charge in [-0.2, -0.15) is 4.98 Å². The highest BCUT2D eigenvalue weighted by Crippen LogP contribution is 2.27. The van der Waals surface area contributed by atoms with Crippen molar-refractivity contribution in [3.8, 4) is 5.75 Å². The lowest BCUT2D eigenvalue weighted by Crippen LogP contribution is -2.34. The Labute approximate surface area is 150 Å². The molecule has 2 heterocycles. The minimum Gasteiger partial charge on any atom is -0.496 e. The van der Waals surface area contributed by atoms with Crippen LogP contribution in [0.1, 0.15) is 50.9 Å². The summed E-state index contributed by atoms with van der Waals surface area (Å²) >= 11 is 0. The number of hydrogen-bond acceptors (Lipinski definition) is 5. The molecule has 2 aromatic rings. The van der Waals surface area contributed by atoms with Gasteiger partial charge in [0.25, 0.3) is 0 Å². The number of nitrogens with zero attached hydrogens (tertiary/aromatic N) is 3. The third-order valence-corrected chi connectivity index (χ3v) is 4.88. The van der Waals surface area contributed by atoms with Gasteiger partial charge in [-0.3, -0.25) is 4.90 Å². The van der Waals surface area contributed by atoms with E-state index in [1.165, 1.54) is 18.4 Å². The molecule has 5 heteroatoms. The number of para-hydroxylation sites is 1. The molecule has 0 aliphatic carbocycles. The fraction of sp³-hybridized carbons (Fsp3) is 0.600. The summed E-state index contributed by atoms with van der Waals surface area (Å²) in [7, 11) is 1.75. The van der Waals surface area contributed by atoms with Crippen LogP contribution in [0.3, 0.4) is 0 Å². The van der Waals surface area contributed by atoms with Crippen molar-refractivity contribution in [1.82, 2.24) is 15.0 Å². The van der Waals surface area contributed by atoms with E-state index >= 15 is 0 Å². The van der Waals surface area contributed by atoms with Gasteiger partial charge in [0.2, 0.25) is 5.89 Å². The standard InChI is InChI=1S/C20H29N3O2/c1-20(2,3)19-21-18(22-25-19)14-23-11-9-15(10-12-23)13-16-7-5-6-8-17(16)24-4/h5-8,15H,9-14H2,1-4H3. The molecule has 25 heavy (non-hydrogen) atoms. The highest BCUT2D eigenvalue weighted by Gasteiger charge is 2.24. The molecule has 0 spiro atoms. The van der Waals surface area contributed by atoms with E-state index in [9.17, 15) is 0 Å². The molecule has 3 rings (SSSR count). The lowest BCUT2D eigenvalue weighted by Gasteiger charge is -2.31. The van der Waals surface area contributed by atoms with Gasteiger partial charge in [-0.25, -0.2) is 0 Å². The Morgan fingerprint density at radius 1 is 1.20 bits per heavy atom. The molecule has 1 aromatic heterocycles.